The third-order valence-electron chi connectivity index (χ3n) is 2.65. The maximum atomic E-state index is 11.4. The third kappa shape index (κ3) is 6.12. The first-order valence-electron chi connectivity index (χ1n) is 6.08. The Bertz CT molecular complexity index is 451. The van der Waals surface area contributed by atoms with Crippen molar-refractivity contribution in [2.45, 2.75) is 12.3 Å². The highest BCUT2D eigenvalue weighted by atomic mass is 35.5. The molecule has 2 amide bonds. The van der Waals surface area contributed by atoms with E-state index in [4.69, 9.17) is 28.3 Å². The van der Waals surface area contributed by atoms with Gasteiger partial charge in [0.25, 0.3) is 0 Å². The first-order chi connectivity index (χ1) is 9.52. The number of amides is 2. The number of hydrogen-bond donors (Lipinski definition) is 3. The number of nitrogens with one attached hydrogen (secondary N) is 2. The number of rotatable bonds is 7. The monoisotopic (exact) mass is 318 g/mol. The van der Waals surface area contributed by atoms with Crippen molar-refractivity contribution >= 4 is 35.2 Å². The van der Waals surface area contributed by atoms with Gasteiger partial charge in [0.2, 0.25) is 0 Å². The second kappa shape index (κ2) is 8.66. The van der Waals surface area contributed by atoms with E-state index < -0.39 is 5.97 Å². The van der Waals surface area contributed by atoms with Crippen LogP contribution < -0.4 is 10.6 Å². The summed E-state index contributed by atoms with van der Waals surface area (Å²) in [6.45, 7) is 0.583. The lowest BCUT2D eigenvalue weighted by atomic mass is 9.96. The van der Waals surface area contributed by atoms with Crippen LogP contribution >= 0.6 is 23.2 Å². The Morgan fingerprint density at radius 1 is 1.20 bits per heavy atom. The fourth-order valence-electron chi connectivity index (χ4n) is 1.69. The molecule has 0 saturated heterocycles. The Labute approximate surface area is 127 Å². The number of carboxylic acids is 1. The molecule has 0 aliphatic heterocycles. The van der Waals surface area contributed by atoms with Crippen LogP contribution in [0.5, 0.6) is 0 Å². The van der Waals surface area contributed by atoms with Crippen LogP contribution in [0.1, 0.15) is 17.9 Å². The Kier molecular flexibility index (Phi) is 7.18. The molecule has 20 heavy (non-hydrogen) atoms. The minimum absolute atomic E-state index is 0.0720. The fourth-order valence-corrected chi connectivity index (χ4v) is 1.91. The number of carboxylic acid groups (broad SMARTS) is 1. The molecular weight excluding hydrogens is 303 g/mol. The smallest absolute Gasteiger partial charge is 0.314 e. The summed E-state index contributed by atoms with van der Waals surface area (Å²) in [6, 6.07) is 6.54. The molecule has 0 spiro atoms. The topological polar surface area (TPSA) is 78.4 Å². The van der Waals surface area contributed by atoms with Crippen molar-refractivity contribution in [2.24, 2.45) is 0 Å². The van der Waals surface area contributed by atoms with Crippen molar-refractivity contribution in [1.29, 1.82) is 0 Å². The van der Waals surface area contributed by atoms with Gasteiger partial charge in [-0.05, 0) is 17.7 Å². The number of carbonyl (C=O) groups excluding carboxylic acids is 1. The Balaban J connectivity index is 2.62. The van der Waals surface area contributed by atoms with Gasteiger partial charge in [-0.25, -0.2) is 4.79 Å². The van der Waals surface area contributed by atoms with E-state index in [9.17, 15) is 9.59 Å². The van der Waals surface area contributed by atoms with Gasteiger partial charge in [0, 0.05) is 29.9 Å². The molecule has 0 heterocycles. The largest absolute Gasteiger partial charge is 0.481 e. The maximum Gasteiger partial charge on any atom is 0.314 e. The quantitative estimate of drug-likeness (QED) is 0.676. The lowest BCUT2D eigenvalue weighted by molar-refractivity contribution is -0.137. The van der Waals surface area contributed by atoms with Crippen LogP contribution in [0, 0.1) is 0 Å². The minimum atomic E-state index is -0.923. The first-order valence-corrected chi connectivity index (χ1v) is 6.99. The predicted octanol–water partition coefficient (Wildman–Crippen LogP) is 2.44. The summed E-state index contributed by atoms with van der Waals surface area (Å²) in [6.07, 6.45) is -0.0720. The average molecular weight is 319 g/mol. The SMILES string of the molecule is O=C(O)CC(CNC(=O)NCCCl)c1ccc(Cl)cc1. The third-order valence-corrected chi connectivity index (χ3v) is 3.09. The standard InChI is InChI=1S/C13H16Cl2N2O3/c14-5-6-16-13(20)17-8-10(7-12(18)19)9-1-3-11(15)4-2-9/h1-4,10H,5-8H2,(H,18,19)(H2,16,17,20). The number of alkyl halides is 1. The number of aliphatic carboxylic acids is 1. The fraction of sp³-hybridized carbons (Fsp3) is 0.385. The van der Waals surface area contributed by atoms with Gasteiger partial charge in [0.1, 0.15) is 0 Å². The highest BCUT2D eigenvalue weighted by Gasteiger charge is 2.16. The lowest BCUT2D eigenvalue weighted by Crippen LogP contribution is -2.38. The second-order valence-corrected chi connectivity index (χ2v) is 4.99. The second-order valence-electron chi connectivity index (χ2n) is 4.17. The molecule has 0 radical (unpaired) electrons. The number of carbonyl (C=O) groups is 2. The maximum absolute atomic E-state index is 11.4. The van der Waals surface area contributed by atoms with E-state index >= 15 is 0 Å². The molecule has 0 aromatic heterocycles. The molecule has 0 aliphatic carbocycles. The summed E-state index contributed by atoms with van der Waals surface area (Å²) < 4.78 is 0. The Morgan fingerprint density at radius 3 is 2.40 bits per heavy atom. The number of hydrogen-bond acceptors (Lipinski definition) is 2. The van der Waals surface area contributed by atoms with Gasteiger partial charge in [-0.15, -0.1) is 11.6 Å². The molecule has 110 valence electrons. The van der Waals surface area contributed by atoms with E-state index in [-0.39, 0.29) is 24.9 Å². The van der Waals surface area contributed by atoms with E-state index in [2.05, 4.69) is 10.6 Å². The molecule has 1 atom stereocenters. The first kappa shape index (κ1) is 16.6. The summed E-state index contributed by atoms with van der Waals surface area (Å²) >= 11 is 11.3. The van der Waals surface area contributed by atoms with Gasteiger partial charge in [-0.2, -0.15) is 0 Å². The summed E-state index contributed by atoms with van der Waals surface area (Å²) in [7, 11) is 0. The van der Waals surface area contributed by atoms with Crippen LogP contribution in [0.2, 0.25) is 5.02 Å². The molecule has 0 aliphatic rings. The minimum Gasteiger partial charge on any atom is -0.481 e. The van der Waals surface area contributed by atoms with Gasteiger partial charge in [-0.1, -0.05) is 23.7 Å². The summed E-state index contributed by atoms with van der Waals surface area (Å²) in [5.74, 6) is -0.914. The zero-order chi connectivity index (χ0) is 15.0. The molecule has 1 unspecified atom stereocenters. The molecule has 1 rings (SSSR count). The summed E-state index contributed by atoms with van der Waals surface area (Å²) in [5.41, 5.74) is 0.814. The van der Waals surface area contributed by atoms with E-state index in [1.54, 1.807) is 24.3 Å². The van der Waals surface area contributed by atoms with Gasteiger partial charge in [0.15, 0.2) is 0 Å². The van der Waals surface area contributed by atoms with Gasteiger partial charge < -0.3 is 15.7 Å². The van der Waals surface area contributed by atoms with Crippen LogP contribution in [0.3, 0.4) is 0 Å². The highest BCUT2D eigenvalue weighted by Crippen LogP contribution is 2.21. The van der Waals surface area contributed by atoms with Gasteiger partial charge in [-0.3, -0.25) is 4.79 Å². The van der Waals surface area contributed by atoms with Crippen molar-refractivity contribution in [3.05, 3.63) is 34.9 Å². The summed E-state index contributed by atoms with van der Waals surface area (Å²) in [5, 5.41) is 14.7. The molecule has 1 aromatic rings. The molecular formula is C13H16Cl2N2O3. The van der Waals surface area contributed by atoms with Crippen molar-refractivity contribution in [2.75, 3.05) is 19.0 Å². The van der Waals surface area contributed by atoms with Gasteiger partial charge in [0.05, 0.1) is 6.42 Å². The normalized spacial score (nSPS) is 11.7. The van der Waals surface area contributed by atoms with Crippen LogP contribution in [0.15, 0.2) is 24.3 Å². The Morgan fingerprint density at radius 2 is 1.85 bits per heavy atom. The number of benzene rings is 1. The summed E-state index contributed by atoms with van der Waals surface area (Å²) in [4.78, 5) is 22.3. The Hall–Kier alpha value is -1.46. The lowest BCUT2D eigenvalue weighted by Gasteiger charge is -2.16. The van der Waals surface area contributed by atoms with Crippen molar-refractivity contribution < 1.29 is 14.7 Å². The van der Waals surface area contributed by atoms with Crippen LogP contribution in [0.4, 0.5) is 4.79 Å². The van der Waals surface area contributed by atoms with E-state index in [1.807, 2.05) is 0 Å². The molecule has 3 N–H and O–H groups in total. The average Bonchev–Trinajstić information content (AvgIpc) is 2.41. The van der Waals surface area contributed by atoms with Crippen LogP contribution in [-0.2, 0) is 4.79 Å². The van der Waals surface area contributed by atoms with E-state index in [0.29, 0.717) is 17.4 Å². The van der Waals surface area contributed by atoms with Crippen molar-refractivity contribution in [3.63, 3.8) is 0 Å². The van der Waals surface area contributed by atoms with E-state index in [0.717, 1.165) is 5.56 Å². The van der Waals surface area contributed by atoms with Crippen LogP contribution in [0.25, 0.3) is 0 Å². The number of urea groups is 1. The zero-order valence-corrected chi connectivity index (χ0v) is 12.2. The van der Waals surface area contributed by atoms with E-state index in [1.165, 1.54) is 0 Å². The zero-order valence-electron chi connectivity index (χ0n) is 10.7. The molecule has 5 nitrogen and oxygen atoms in total. The molecule has 1 aromatic carbocycles. The molecule has 0 saturated carbocycles. The number of halogens is 2. The molecule has 0 bridgehead atoms. The van der Waals surface area contributed by atoms with Crippen molar-refractivity contribution in [3.8, 4) is 0 Å². The molecule has 7 heteroatoms. The predicted molar refractivity (Wildman–Crippen MR) is 78.6 cm³/mol. The van der Waals surface area contributed by atoms with Crippen molar-refractivity contribution in [1.82, 2.24) is 10.6 Å². The molecule has 0 fully saturated rings. The van der Waals surface area contributed by atoms with Gasteiger partial charge >= 0.3 is 12.0 Å². The highest BCUT2D eigenvalue weighted by molar-refractivity contribution is 6.30. The van der Waals surface area contributed by atoms with Crippen LogP contribution in [-0.4, -0.2) is 36.1 Å².